The van der Waals surface area contributed by atoms with Crippen molar-refractivity contribution in [3.05, 3.63) is 72.1 Å². The van der Waals surface area contributed by atoms with Crippen LogP contribution in [0, 0.1) is 0 Å². The number of allylic oxidation sites excluding steroid dienone is 2. The van der Waals surface area contributed by atoms with Crippen molar-refractivity contribution in [2.45, 2.75) is 31.9 Å². The SMILES string of the molecule is CCO[C@@H]1CC[C@H]1NC(=O)c1cnn2c(NC)cc(NC3=CC=CN(n4cccc4)C3=C=O)nc12. The lowest BCUT2D eigenvalue weighted by molar-refractivity contribution is -0.0180. The quantitative estimate of drug-likeness (QED) is 0.425. The molecule has 0 bridgehead atoms. The second kappa shape index (κ2) is 9.49. The van der Waals surface area contributed by atoms with Crippen LogP contribution in [-0.2, 0) is 9.53 Å². The van der Waals surface area contributed by atoms with Crippen molar-refractivity contribution in [3.8, 4) is 0 Å². The monoisotopic (exact) mass is 474 g/mol. The average molecular weight is 475 g/mol. The highest BCUT2D eigenvalue weighted by Gasteiger charge is 2.33. The molecule has 3 aromatic rings. The summed E-state index contributed by atoms with van der Waals surface area (Å²) in [5, 5.41) is 15.3. The van der Waals surface area contributed by atoms with Gasteiger partial charge in [0, 0.05) is 38.3 Å². The Morgan fingerprint density at radius 2 is 2.11 bits per heavy atom. The van der Waals surface area contributed by atoms with Gasteiger partial charge in [0.1, 0.15) is 17.2 Å². The Bertz CT molecular complexity index is 1350. The van der Waals surface area contributed by atoms with Gasteiger partial charge in [-0.05, 0) is 44.1 Å². The van der Waals surface area contributed by atoms with Crippen molar-refractivity contribution in [2.24, 2.45) is 0 Å². The van der Waals surface area contributed by atoms with Gasteiger partial charge in [-0.25, -0.2) is 14.8 Å². The molecule has 5 rings (SSSR count). The van der Waals surface area contributed by atoms with Crippen LogP contribution < -0.4 is 21.0 Å². The summed E-state index contributed by atoms with van der Waals surface area (Å²) < 4.78 is 9.00. The largest absolute Gasteiger partial charge is 0.376 e. The molecule has 2 aliphatic rings. The van der Waals surface area contributed by atoms with Crippen molar-refractivity contribution in [3.63, 3.8) is 0 Å². The summed E-state index contributed by atoms with van der Waals surface area (Å²) >= 11 is 0. The maximum absolute atomic E-state index is 13.1. The van der Waals surface area contributed by atoms with E-state index >= 15 is 0 Å². The predicted molar refractivity (Wildman–Crippen MR) is 131 cm³/mol. The van der Waals surface area contributed by atoms with Crippen molar-refractivity contribution in [1.29, 1.82) is 0 Å². The number of hydrogen-bond acceptors (Lipinski definition) is 8. The highest BCUT2D eigenvalue weighted by Crippen LogP contribution is 2.26. The number of carbonyl (C=O) groups is 1. The zero-order chi connectivity index (χ0) is 24.4. The zero-order valence-electron chi connectivity index (χ0n) is 19.4. The van der Waals surface area contributed by atoms with Gasteiger partial charge in [-0.3, -0.25) is 9.47 Å². The smallest absolute Gasteiger partial charge is 0.257 e. The number of ether oxygens (including phenoxy) is 1. The van der Waals surface area contributed by atoms with Crippen LogP contribution in [0.25, 0.3) is 5.65 Å². The summed E-state index contributed by atoms with van der Waals surface area (Å²) in [7, 11) is 1.76. The molecule has 0 aromatic carbocycles. The van der Waals surface area contributed by atoms with E-state index in [-0.39, 0.29) is 23.8 Å². The molecule has 0 radical (unpaired) electrons. The second-order valence-electron chi connectivity index (χ2n) is 8.13. The number of nitrogens with one attached hydrogen (secondary N) is 3. The molecule has 0 unspecified atom stereocenters. The molecule has 1 saturated carbocycles. The van der Waals surface area contributed by atoms with E-state index in [0.29, 0.717) is 35.2 Å². The molecular weight excluding hydrogens is 448 g/mol. The molecular formula is C24H26N8O3. The fourth-order valence-corrected chi connectivity index (χ4v) is 4.16. The van der Waals surface area contributed by atoms with Gasteiger partial charge >= 0.3 is 0 Å². The summed E-state index contributed by atoms with van der Waals surface area (Å²) in [6, 6.07) is 5.45. The highest BCUT2D eigenvalue weighted by atomic mass is 16.5. The topological polar surface area (TPSA) is 118 Å². The molecule has 1 aliphatic heterocycles. The molecule has 180 valence electrons. The summed E-state index contributed by atoms with van der Waals surface area (Å²) in [5.41, 5.74) is 1.53. The predicted octanol–water partition coefficient (Wildman–Crippen LogP) is 2.05. The summed E-state index contributed by atoms with van der Waals surface area (Å²) in [5.74, 6) is 2.81. The van der Waals surface area contributed by atoms with Crippen molar-refractivity contribution in [2.75, 3.05) is 29.3 Å². The normalized spacial score (nSPS) is 19.2. The summed E-state index contributed by atoms with van der Waals surface area (Å²) in [6.07, 6.45) is 12.3. The fourth-order valence-electron chi connectivity index (χ4n) is 4.16. The van der Waals surface area contributed by atoms with E-state index in [1.165, 1.54) is 6.20 Å². The molecule has 1 fully saturated rings. The van der Waals surface area contributed by atoms with Crippen LogP contribution >= 0.6 is 0 Å². The lowest BCUT2D eigenvalue weighted by Gasteiger charge is -2.36. The van der Waals surface area contributed by atoms with Crippen LogP contribution in [0.4, 0.5) is 11.6 Å². The number of anilines is 2. The van der Waals surface area contributed by atoms with Gasteiger partial charge in [-0.15, -0.1) is 0 Å². The third kappa shape index (κ3) is 4.18. The third-order valence-electron chi connectivity index (χ3n) is 6.05. The van der Waals surface area contributed by atoms with Gasteiger partial charge in [-0.1, -0.05) is 0 Å². The Hall–Kier alpha value is -4.34. The Balaban J connectivity index is 1.43. The van der Waals surface area contributed by atoms with Gasteiger partial charge in [0.05, 0.1) is 24.0 Å². The molecule has 2 atom stereocenters. The summed E-state index contributed by atoms with van der Waals surface area (Å²) in [6.45, 7) is 2.56. The number of fused-ring (bicyclic) bond motifs is 1. The molecule has 3 N–H and O–H groups in total. The number of amides is 1. The van der Waals surface area contributed by atoms with Crippen molar-refractivity contribution >= 4 is 29.1 Å². The minimum Gasteiger partial charge on any atom is -0.376 e. The number of rotatable bonds is 8. The molecule has 1 aliphatic carbocycles. The first kappa shape index (κ1) is 22.5. The first-order valence-corrected chi connectivity index (χ1v) is 11.5. The van der Waals surface area contributed by atoms with Crippen LogP contribution in [0.3, 0.4) is 0 Å². The molecule has 4 heterocycles. The van der Waals surface area contributed by atoms with Crippen molar-refractivity contribution in [1.82, 2.24) is 24.6 Å². The van der Waals surface area contributed by atoms with Crippen LogP contribution in [0.5, 0.6) is 0 Å². The minimum atomic E-state index is -0.256. The van der Waals surface area contributed by atoms with E-state index in [1.54, 1.807) is 39.6 Å². The van der Waals surface area contributed by atoms with Crippen molar-refractivity contribution < 1.29 is 14.3 Å². The average Bonchev–Trinajstić information content (AvgIpc) is 3.55. The van der Waals surface area contributed by atoms with Crippen LogP contribution in [0.1, 0.15) is 30.1 Å². The first-order valence-electron chi connectivity index (χ1n) is 11.5. The second-order valence-corrected chi connectivity index (χ2v) is 8.13. The van der Waals surface area contributed by atoms with Crippen LogP contribution in [-0.4, -0.2) is 56.9 Å². The van der Waals surface area contributed by atoms with E-state index in [4.69, 9.17) is 4.74 Å². The molecule has 11 nitrogen and oxygen atoms in total. The van der Waals surface area contributed by atoms with Gasteiger partial charge < -0.3 is 20.7 Å². The molecule has 11 heteroatoms. The maximum Gasteiger partial charge on any atom is 0.257 e. The zero-order valence-corrected chi connectivity index (χ0v) is 19.4. The van der Waals surface area contributed by atoms with E-state index < -0.39 is 0 Å². The van der Waals surface area contributed by atoms with Crippen LogP contribution in [0.15, 0.2) is 66.5 Å². The van der Waals surface area contributed by atoms with Gasteiger partial charge in [0.15, 0.2) is 17.3 Å². The van der Waals surface area contributed by atoms with Crippen LogP contribution in [0.2, 0.25) is 0 Å². The number of hydrogen-bond donors (Lipinski definition) is 3. The Morgan fingerprint density at radius 1 is 1.29 bits per heavy atom. The standard InChI is InChI=1S/C24H26N8O3/c1-3-35-20-9-8-18(20)28-24(34)16-14-26-32-22(25-2)13-21(29-23(16)32)27-17-7-6-12-31(19(17)15-33)30-10-4-5-11-30/h4-7,10-14,18,20,25H,3,8-9H2,1-2H3,(H,27,29)(H,28,34)/t18-,20-/m1/s1. The lowest BCUT2D eigenvalue weighted by atomic mass is 9.89. The Kier molecular flexibility index (Phi) is 6.09. The Morgan fingerprint density at radius 3 is 2.80 bits per heavy atom. The third-order valence-corrected chi connectivity index (χ3v) is 6.05. The Labute approximate surface area is 201 Å². The fraction of sp³-hybridized carbons (Fsp3) is 0.292. The maximum atomic E-state index is 13.1. The summed E-state index contributed by atoms with van der Waals surface area (Å²) in [4.78, 5) is 29.6. The number of aromatic nitrogens is 4. The highest BCUT2D eigenvalue weighted by molar-refractivity contribution is 6.00. The van der Waals surface area contributed by atoms with Gasteiger partial charge in [-0.2, -0.15) is 9.61 Å². The number of carbonyl (C=O) groups excluding carboxylic acids is 2. The van der Waals surface area contributed by atoms with E-state index in [0.717, 1.165) is 12.8 Å². The first-order chi connectivity index (χ1) is 17.1. The molecule has 0 spiro atoms. The molecule has 3 aromatic heterocycles. The van der Waals surface area contributed by atoms with E-state index in [2.05, 4.69) is 26.0 Å². The molecule has 35 heavy (non-hydrogen) atoms. The molecule has 1 amide bonds. The van der Waals surface area contributed by atoms with E-state index in [1.807, 2.05) is 43.5 Å². The van der Waals surface area contributed by atoms with Gasteiger partial charge in [0.25, 0.3) is 5.91 Å². The molecule has 0 saturated heterocycles. The lowest BCUT2D eigenvalue weighted by Crippen LogP contribution is -2.51. The van der Waals surface area contributed by atoms with E-state index in [9.17, 15) is 9.59 Å². The van der Waals surface area contributed by atoms with Gasteiger partial charge in [0.2, 0.25) is 0 Å². The number of nitrogens with zero attached hydrogens (tertiary/aromatic N) is 5. The minimum absolute atomic E-state index is 0.0263.